The van der Waals surface area contributed by atoms with Gasteiger partial charge >= 0.3 is 0 Å². The van der Waals surface area contributed by atoms with Gasteiger partial charge in [-0.1, -0.05) is 12.1 Å². The highest BCUT2D eigenvalue weighted by Gasteiger charge is 2.16. The van der Waals surface area contributed by atoms with Crippen LogP contribution in [0.1, 0.15) is 12.5 Å². The third-order valence-corrected chi connectivity index (χ3v) is 3.46. The summed E-state index contributed by atoms with van der Waals surface area (Å²) < 4.78 is 18.1. The highest BCUT2D eigenvalue weighted by atomic mass is 32.1. The van der Waals surface area contributed by atoms with Crippen LogP contribution in [0.2, 0.25) is 0 Å². The molecular formula is C18H16FN3O4S. The summed E-state index contributed by atoms with van der Waals surface area (Å²) in [5.41, 5.74) is 0.517. The Morgan fingerprint density at radius 3 is 2.63 bits per heavy atom. The number of nitrogens with one attached hydrogen (secondary N) is 2. The van der Waals surface area contributed by atoms with Crippen LogP contribution in [0.3, 0.4) is 0 Å². The van der Waals surface area contributed by atoms with E-state index in [0.29, 0.717) is 17.9 Å². The summed E-state index contributed by atoms with van der Waals surface area (Å²) in [4.78, 5) is 22.5. The van der Waals surface area contributed by atoms with Gasteiger partial charge in [0.1, 0.15) is 17.3 Å². The summed E-state index contributed by atoms with van der Waals surface area (Å²) in [6, 6.07) is 9.83. The zero-order chi connectivity index (χ0) is 19.8. The Bertz CT molecular complexity index is 885. The van der Waals surface area contributed by atoms with E-state index in [1.165, 1.54) is 48.6 Å². The van der Waals surface area contributed by atoms with Crippen molar-refractivity contribution in [1.82, 2.24) is 5.32 Å². The maximum atomic E-state index is 12.8. The molecule has 2 rings (SSSR count). The number of hydrogen-bond acceptors (Lipinski definition) is 5. The van der Waals surface area contributed by atoms with E-state index in [4.69, 9.17) is 17.0 Å². The molecule has 0 aliphatic rings. The first-order valence-corrected chi connectivity index (χ1v) is 8.26. The topological polar surface area (TPSA) is 93.5 Å². The second-order valence-electron chi connectivity index (χ2n) is 5.20. The molecule has 1 amide bonds. The Hall–Kier alpha value is -3.33. The first-order chi connectivity index (χ1) is 12.9. The Balaban J connectivity index is 2.01. The van der Waals surface area contributed by atoms with Crippen LogP contribution < -0.4 is 15.4 Å². The second kappa shape index (κ2) is 9.39. The molecule has 0 aliphatic heterocycles. The van der Waals surface area contributed by atoms with Gasteiger partial charge in [-0.2, -0.15) is 0 Å². The smallest absolute Gasteiger partial charge is 0.296 e. The quantitative estimate of drug-likeness (QED) is 0.339. The van der Waals surface area contributed by atoms with Crippen molar-refractivity contribution in [3.8, 4) is 5.75 Å². The fourth-order valence-electron chi connectivity index (χ4n) is 2.08. The van der Waals surface area contributed by atoms with Gasteiger partial charge in [0.25, 0.3) is 5.69 Å². The SMILES string of the molecule is CCOc1ccc(NC(=S)NC(=O)/C=C/c2ccc(F)cc2)c([N+](=O)[O-])c1. The number of anilines is 1. The monoisotopic (exact) mass is 389 g/mol. The molecule has 0 saturated heterocycles. The number of benzene rings is 2. The predicted octanol–water partition coefficient (Wildman–Crippen LogP) is 3.66. The lowest BCUT2D eigenvalue weighted by Gasteiger charge is -2.10. The summed E-state index contributed by atoms with van der Waals surface area (Å²) in [5.74, 6) is -0.559. The lowest BCUT2D eigenvalue weighted by molar-refractivity contribution is -0.384. The molecular weight excluding hydrogens is 373 g/mol. The molecule has 7 nitrogen and oxygen atoms in total. The van der Waals surface area contributed by atoms with E-state index >= 15 is 0 Å². The maximum absolute atomic E-state index is 12.8. The minimum atomic E-state index is -0.580. The van der Waals surface area contributed by atoms with Gasteiger partial charge in [-0.15, -0.1) is 0 Å². The summed E-state index contributed by atoms with van der Waals surface area (Å²) in [6.07, 6.45) is 2.70. The van der Waals surface area contributed by atoms with Gasteiger partial charge in [-0.25, -0.2) is 4.39 Å². The van der Waals surface area contributed by atoms with E-state index in [1.54, 1.807) is 13.0 Å². The van der Waals surface area contributed by atoms with Crippen LogP contribution in [0.25, 0.3) is 6.08 Å². The Kier molecular flexibility index (Phi) is 6.95. The Morgan fingerprint density at radius 2 is 2.00 bits per heavy atom. The summed E-state index contributed by atoms with van der Waals surface area (Å²) in [6.45, 7) is 2.14. The third kappa shape index (κ3) is 6.15. The van der Waals surface area contributed by atoms with E-state index in [0.717, 1.165) is 0 Å². The molecule has 0 saturated carbocycles. The summed E-state index contributed by atoms with van der Waals surface area (Å²) in [7, 11) is 0. The number of carbonyl (C=O) groups is 1. The van der Waals surface area contributed by atoms with Crippen molar-refractivity contribution in [2.75, 3.05) is 11.9 Å². The highest BCUT2D eigenvalue weighted by molar-refractivity contribution is 7.80. The second-order valence-corrected chi connectivity index (χ2v) is 5.61. The van der Waals surface area contributed by atoms with Crippen molar-refractivity contribution in [2.45, 2.75) is 6.92 Å². The molecule has 2 N–H and O–H groups in total. The molecule has 0 aliphatic carbocycles. The number of halogens is 1. The third-order valence-electron chi connectivity index (χ3n) is 3.26. The summed E-state index contributed by atoms with van der Waals surface area (Å²) >= 11 is 5.01. The molecule has 140 valence electrons. The maximum Gasteiger partial charge on any atom is 0.296 e. The van der Waals surface area contributed by atoms with Gasteiger partial charge in [0.15, 0.2) is 5.11 Å². The fraction of sp³-hybridized carbons (Fsp3) is 0.111. The minimum Gasteiger partial charge on any atom is -0.494 e. The highest BCUT2D eigenvalue weighted by Crippen LogP contribution is 2.29. The van der Waals surface area contributed by atoms with Crippen molar-refractivity contribution >= 4 is 40.7 Å². The van der Waals surface area contributed by atoms with Crippen molar-refractivity contribution in [3.05, 3.63) is 70.0 Å². The number of ether oxygens (including phenoxy) is 1. The van der Waals surface area contributed by atoms with E-state index in [-0.39, 0.29) is 22.3 Å². The van der Waals surface area contributed by atoms with Gasteiger partial charge in [0.05, 0.1) is 17.6 Å². The van der Waals surface area contributed by atoms with Gasteiger partial charge in [-0.3, -0.25) is 20.2 Å². The van der Waals surface area contributed by atoms with E-state index in [2.05, 4.69) is 10.6 Å². The molecule has 2 aromatic rings. The van der Waals surface area contributed by atoms with Crippen molar-refractivity contribution in [1.29, 1.82) is 0 Å². The predicted molar refractivity (Wildman–Crippen MR) is 104 cm³/mol. The number of carbonyl (C=O) groups excluding carboxylic acids is 1. The molecule has 0 fully saturated rings. The number of hydrogen-bond donors (Lipinski definition) is 2. The summed E-state index contributed by atoms with van der Waals surface area (Å²) in [5, 5.41) is 16.1. The van der Waals surface area contributed by atoms with Crippen LogP contribution in [-0.4, -0.2) is 22.5 Å². The normalized spacial score (nSPS) is 10.4. The van der Waals surface area contributed by atoms with Crippen molar-refractivity contribution in [3.63, 3.8) is 0 Å². The average molecular weight is 389 g/mol. The standard InChI is InChI=1S/C18H16FN3O4S/c1-2-26-14-8-9-15(16(11-14)22(24)25)20-18(27)21-17(23)10-5-12-3-6-13(19)7-4-12/h3-11H,2H2,1H3,(H2,20,21,23,27)/b10-5+. The van der Waals surface area contributed by atoms with Crippen LogP contribution in [0.4, 0.5) is 15.8 Å². The molecule has 27 heavy (non-hydrogen) atoms. The van der Waals surface area contributed by atoms with Gasteiger partial charge in [-0.05, 0) is 55.0 Å². The van der Waals surface area contributed by atoms with E-state index in [1.807, 2.05) is 0 Å². The molecule has 0 atom stereocenters. The molecule has 0 bridgehead atoms. The number of nitro benzene ring substituents is 1. The first-order valence-electron chi connectivity index (χ1n) is 7.86. The average Bonchev–Trinajstić information content (AvgIpc) is 2.62. The number of amides is 1. The fourth-order valence-corrected chi connectivity index (χ4v) is 2.29. The largest absolute Gasteiger partial charge is 0.494 e. The minimum absolute atomic E-state index is 0.101. The molecule has 2 aromatic carbocycles. The first kappa shape index (κ1) is 20.0. The molecule has 0 heterocycles. The van der Waals surface area contributed by atoms with Crippen LogP contribution in [-0.2, 0) is 4.79 Å². The molecule has 0 aromatic heterocycles. The Morgan fingerprint density at radius 1 is 1.30 bits per heavy atom. The van der Waals surface area contributed by atoms with E-state index < -0.39 is 10.8 Å². The van der Waals surface area contributed by atoms with Crippen molar-refractivity contribution in [2.24, 2.45) is 0 Å². The molecule has 9 heteroatoms. The lowest BCUT2D eigenvalue weighted by Crippen LogP contribution is -2.33. The Labute approximate surface area is 160 Å². The lowest BCUT2D eigenvalue weighted by atomic mass is 10.2. The van der Waals surface area contributed by atoms with Crippen LogP contribution in [0.15, 0.2) is 48.5 Å². The van der Waals surface area contributed by atoms with Gasteiger partial charge in [0, 0.05) is 6.08 Å². The molecule has 0 spiro atoms. The van der Waals surface area contributed by atoms with Crippen LogP contribution in [0.5, 0.6) is 5.75 Å². The number of thiocarbonyl (C=S) groups is 1. The van der Waals surface area contributed by atoms with Crippen LogP contribution in [0, 0.1) is 15.9 Å². The molecule has 0 radical (unpaired) electrons. The zero-order valence-corrected chi connectivity index (χ0v) is 15.1. The van der Waals surface area contributed by atoms with Crippen molar-refractivity contribution < 1.29 is 18.8 Å². The zero-order valence-electron chi connectivity index (χ0n) is 14.3. The molecule has 0 unspecified atom stereocenters. The number of nitro groups is 1. The number of nitrogens with zero attached hydrogens (tertiary/aromatic N) is 1. The van der Waals surface area contributed by atoms with Gasteiger partial charge < -0.3 is 10.1 Å². The van der Waals surface area contributed by atoms with E-state index in [9.17, 15) is 19.3 Å². The van der Waals surface area contributed by atoms with Crippen LogP contribution >= 0.6 is 12.2 Å². The number of rotatable bonds is 6. The van der Waals surface area contributed by atoms with Gasteiger partial charge in [0.2, 0.25) is 5.91 Å².